The van der Waals surface area contributed by atoms with Gasteiger partial charge in [0.25, 0.3) is 5.56 Å². The summed E-state index contributed by atoms with van der Waals surface area (Å²) >= 11 is 1.32. The number of H-pyrrole nitrogens is 1. The molecule has 0 unspecified atom stereocenters. The van der Waals surface area contributed by atoms with Crippen LogP contribution in [0.3, 0.4) is 0 Å². The number of nitrogens with zero attached hydrogens (tertiary/aromatic N) is 1. The first kappa shape index (κ1) is 19.1. The fourth-order valence-corrected chi connectivity index (χ4v) is 3.96. The minimum Gasteiger partial charge on any atom is -0.481 e. The van der Waals surface area contributed by atoms with E-state index in [1.54, 1.807) is 0 Å². The van der Waals surface area contributed by atoms with Gasteiger partial charge in [-0.1, -0.05) is 45.0 Å². The zero-order chi connectivity index (χ0) is 19.8. The van der Waals surface area contributed by atoms with Gasteiger partial charge < -0.3 is 5.11 Å². The second-order valence-corrected chi connectivity index (χ2v) is 8.44. The topological polar surface area (TPSA) is 92.2 Å². The molecule has 3 aromatic rings. The van der Waals surface area contributed by atoms with Crippen LogP contribution >= 0.6 is 11.3 Å². The molecule has 0 saturated heterocycles. The Labute approximate surface area is 160 Å². The predicted molar refractivity (Wildman–Crippen MR) is 108 cm³/mol. The van der Waals surface area contributed by atoms with Crippen molar-refractivity contribution in [2.45, 2.75) is 45.6 Å². The Hall–Kier alpha value is -2.67. The first-order chi connectivity index (χ1) is 12.7. The number of benzene rings is 1. The van der Waals surface area contributed by atoms with Crippen molar-refractivity contribution < 1.29 is 9.90 Å². The van der Waals surface area contributed by atoms with Gasteiger partial charge in [-0.05, 0) is 23.0 Å². The molecular weight excluding hydrogens is 364 g/mol. The van der Waals surface area contributed by atoms with Crippen molar-refractivity contribution in [3.05, 3.63) is 56.0 Å². The Bertz CT molecular complexity index is 1100. The van der Waals surface area contributed by atoms with Crippen LogP contribution in [0.5, 0.6) is 0 Å². The number of rotatable bonds is 5. The molecule has 2 aromatic heterocycles. The molecule has 142 valence electrons. The number of fused-ring (bicyclic) bond motifs is 1. The van der Waals surface area contributed by atoms with Gasteiger partial charge in [0.15, 0.2) is 0 Å². The summed E-state index contributed by atoms with van der Waals surface area (Å²) < 4.78 is 1.09. The Morgan fingerprint density at radius 2 is 1.85 bits per heavy atom. The number of nitrogens with one attached hydrogen (secondary N) is 1. The lowest BCUT2D eigenvalue weighted by molar-refractivity contribution is -0.137. The van der Waals surface area contributed by atoms with E-state index in [-0.39, 0.29) is 30.4 Å². The number of carbonyl (C=O) groups is 1. The van der Waals surface area contributed by atoms with Gasteiger partial charge in [0.05, 0.1) is 5.39 Å². The highest BCUT2D eigenvalue weighted by Gasteiger charge is 2.17. The summed E-state index contributed by atoms with van der Waals surface area (Å²) in [5.41, 5.74) is 2.05. The zero-order valence-electron chi connectivity index (χ0n) is 15.5. The van der Waals surface area contributed by atoms with Crippen LogP contribution in [0.15, 0.2) is 39.2 Å². The molecule has 0 radical (unpaired) electrons. The summed E-state index contributed by atoms with van der Waals surface area (Å²) in [6.45, 7) is 6.50. The molecular formula is C20H22N2O4S. The zero-order valence-corrected chi connectivity index (χ0v) is 16.4. The molecule has 0 bridgehead atoms. The van der Waals surface area contributed by atoms with E-state index in [4.69, 9.17) is 5.11 Å². The normalized spacial score (nSPS) is 11.8. The second-order valence-electron chi connectivity index (χ2n) is 7.57. The number of thiophene rings is 1. The van der Waals surface area contributed by atoms with Crippen LogP contribution in [0.4, 0.5) is 0 Å². The van der Waals surface area contributed by atoms with Crippen molar-refractivity contribution in [2.75, 3.05) is 0 Å². The molecule has 0 aliphatic heterocycles. The first-order valence-corrected chi connectivity index (χ1v) is 9.63. The van der Waals surface area contributed by atoms with Gasteiger partial charge in [-0.2, -0.15) is 0 Å². The summed E-state index contributed by atoms with van der Waals surface area (Å²) in [7, 11) is 0. The van der Waals surface area contributed by atoms with Gasteiger partial charge in [-0.3, -0.25) is 19.1 Å². The average Bonchev–Trinajstić information content (AvgIpc) is 3.00. The van der Waals surface area contributed by atoms with Crippen molar-refractivity contribution in [3.8, 4) is 11.1 Å². The maximum absolute atomic E-state index is 12.9. The molecule has 7 heteroatoms. The molecule has 0 amide bonds. The fraction of sp³-hybridized carbons (Fsp3) is 0.350. The molecule has 0 spiro atoms. The highest BCUT2D eigenvalue weighted by molar-refractivity contribution is 7.17. The lowest BCUT2D eigenvalue weighted by Crippen LogP contribution is -2.35. The Morgan fingerprint density at radius 1 is 1.19 bits per heavy atom. The van der Waals surface area contributed by atoms with Gasteiger partial charge in [0.2, 0.25) is 0 Å². The van der Waals surface area contributed by atoms with Crippen molar-refractivity contribution >= 4 is 27.5 Å². The van der Waals surface area contributed by atoms with Gasteiger partial charge in [-0.25, -0.2) is 4.79 Å². The second kappa shape index (κ2) is 7.15. The van der Waals surface area contributed by atoms with E-state index < -0.39 is 11.7 Å². The van der Waals surface area contributed by atoms with Crippen molar-refractivity contribution in [1.82, 2.24) is 9.55 Å². The summed E-state index contributed by atoms with van der Waals surface area (Å²) in [5.74, 6) is -0.948. The van der Waals surface area contributed by atoms with E-state index in [1.165, 1.54) is 16.9 Å². The SMILES string of the molecule is CC(C)(C)c1ccc(-c2csc3[nH]c(=O)n(CCCC(=O)O)c(=O)c23)cc1. The molecule has 1 aromatic carbocycles. The van der Waals surface area contributed by atoms with Gasteiger partial charge in [0, 0.05) is 23.9 Å². The van der Waals surface area contributed by atoms with Gasteiger partial charge in [0.1, 0.15) is 4.83 Å². The molecule has 0 saturated carbocycles. The number of aromatic amines is 1. The highest BCUT2D eigenvalue weighted by Crippen LogP contribution is 2.32. The van der Waals surface area contributed by atoms with Crippen molar-refractivity contribution in [1.29, 1.82) is 0 Å². The number of carboxylic acid groups (broad SMARTS) is 1. The minimum atomic E-state index is -0.948. The van der Waals surface area contributed by atoms with E-state index >= 15 is 0 Å². The van der Waals surface area contributed by atoms with E-state index in [1.807, 2.05) is 17.5 Å². The Kier molecular flexibility index (Phi) is 5.06. The lowest BCUT2D eigenvalue weighted by atomic mass is 9.86. The number of hydrogen-bond donors (Lipinski definition) is 2. The molecule has 3 rings (SSSR count). The highest BCUT2D eigenvalue weighted by atomic mass is 32.1. The smallest absolute Gasteiger partial charge is 0.329 e. The van der Waals surface area contributed by atoms with E-state index in [0.717, 1.165) is 15.7 Å². The molecule has 0 atom stereocenters. The van der Waals surface area contributed by atoms with Crippen LogP contribution in [0.2, 0.25) is 0 Å². The Morgan fingerprint density at radius 3 is 2.44 bits per heavy atom. The molecule has 0 fully saturated rings. The quantitative estimate of drug-likeness (QED) is 0.701. The fourth-order valence-electron chi connectivity index (χ4n) is 3.01. The summed E-state index contributed by atoms with van der Waals surface area (Å²) in [4.78, 5) is 39.1. The number of aliphatic carboxylic acids is 1. The van der Waals surface area contributed by atoms with Crippen molar-refractivity contribution in [3.63, 3.8) is 0 Å². The van der Waals surface area contributed by atoms with Crippen molar-refractivity contribution in [2.24, 2.45) is 0 Å². The van der Waals surface area contributed by atoms with Gasteiger partial charge >= 0.3 is 11.7 Å². The third kappa shape index (κ3) is 3.88. The van der Waals surface area contributed by atoms with Crippen LogP contribution in [-0.2, 0) is 16.8 Å². The Balaban J connectivity index is 2.06. The summed E-state index contributed by atoms with van der Waals surface area (Å²) in [6, 6.07) is 8.08. The van der Waals surface area contributed by atoms with E-state index in [0.29, 0.717) is 10.2 Å². The molecule has 2 N–H and O–H groups in total. The molecule has 2 heterocycles. The number of aromatic nitrogens is 2. The molecule has 0 aliphatic rings. The first-order valence-electron chi connectivity index (χ1n) is 8.75. The third-order valence-electron chi connectivity index (χ3n) is 4.55. The molecule has 27 heavy (non-hydrogen) atoms. The lowest BCUT2D eigenvalue weighted by Gasteiger charge is -2.19. The number of carboxylic acids is 1. The molecule has 0 aliphatic carbocycles. The van der Waals surface area contributed by atoms with Crippen LogP contribution in [0.1, 0.15) is 39.2 Å². The van der Waals surface area contributed by atoms with E-state index in [2.05, 4.69) is 37.9 Å². The van der Waals surface area contributed by atoms with Gasteiger partial charge in [-0.15, -0.1) is 11.3 Å². The minimum absolute atomic E-state index is 0.0390. The monoisotopic (exact) mass is 386 g/mol. The van der Waals surface area contributed by atoms with E-state index in [9.17, 15) is 14.4 Å². The molecule has 6 nitrogen and oxygen atoms in total. The third-order valence-corrected chi connectivity index (χ3v) is 5.45. The maximum Gasteiger partial charge on any atom is 0.329 e. The standard InChI is InChI=1S/C20H22N2O4S/c1-20(2,3)13-8-6-12(7-9-13)14-11-27-17-16(14)18(25)22(19(26)21-17)10-4-5-15(23)24/h6-9,11H,4-5,10H2,1-3H3,(H,21,26)(H,23,24). The predicted octanol–water partition coefficient (Wildman–Crippen LogP) is 3.58. The summed E-state index contributed by atoms with van der Waals surface area (Å²) in [6.07, 6.45) is 0.137. The van der Waals surface area contributed by atoms with Crippen LogP contribution in [0, 0.1) is 0 Å². The number of hydrogen-bond acceptors (Lipinski definition) is 4. The largest absolute Gasteiger partial charge is 0.481 e. The maximum atomic E-state index is 12.9. The van der Waals surface area contributed by atoms with Crippen LogP contribution in [0.25, 0.3) is 21.3 Å². The van der Waals surface area contributed by atoms with Crippen LogP contribution in [-0.4, -0.2) is 20.6 Å². The average molecular weight is 386 g/mol. The van der Waals surface area contributed by atoms with Crippen LogP contribution < -0.4 is 11.2 Å². The summed E-state index contributed by atoms with van der Waals surface area (Å²) in [5, 5.41) is 11.1.